The van der Waals surface area contributed by atoms with Crippen molar-refractivity contribution in [2.24, 2.45) is 5.84 Å². The maximum atomic E-state index is 10.2. The van der Waals surface area contributed by atoms with Gasteiger partial charge in [-0.1, -0.05) is 0 Å². The summed E-state index contributed by atoms with van der Waals surface area (Å²) < 4.78 is 18.8. The Bertz CT molecular complexity index is 77.7. The molecule has 0 spiro atoms. The summed E-state index contributed by atoms with van der Waals surface area (Å²) in [4.78, 5) is 0. The summed E-state index contributed by atoms with van der Waals surface area (Å²) in [6, 6.07) is 0. The van der Waals surface area contributed by atoms with Crippen molar-refractivity contribution in [2.75, 3.05) is 13.8 Å². The van der Waals surface area contributed by atoms with Crippen LogP contribution < -0.4 is 11.3 Å². The normalized spacial score (nSPS) is 11.5. The van der Waals surface area contributed by atoms with Gasteiger partial charge >= 0.3 is 8.25 Å². The molecule has 0 rings (SSSR count). The molecular weight excluding hydrogens is 131 g/mol. The van der Waals surface area contributed by atoms with Gasteiger partial charge in [0.2, 0.25) is 0 Å². The summed E-state index contributed by atoms with van der Waals surface area (Å²) in [7, 11) is -0.690. The lowest BCUT2D eigenvalue weighted by molar-refractivity contribution is 0.238. The van der Waals surface area contributed by atoms with Gasteiger partial charge in [0.1, 0.15) is 0 Å². The third kappa shape index (κ3) is 4.11. The lowest BCUT2D eigenvalue weighted by atomic mass is 11.4. The molecule has 6 heteroatoms. The summed E-state index contributed by atoms with van der Waals surface area (Å²) in [6.45, 7) is 0.0308. The molecule has 0 aliphatic carbocycles. The Hall–Kier alpha value is -0.0600. The molecule has 0 aromatic heterocycles. The van der Waals surface area contributed by atoms with Gasteiger partial charge in [-0.25, -0.2) is 5.43 Å². The Morgan fingerprint density at radius 2 is 2.50 bits per heavy atom. The highest BCUT2D eigenvalue weighted by Crippen LogP contribution is 2.19. The fraction of sp³-hybridized carbons (Fsp3) is 1.00. The SMILES string of the molecule is CO[P+](=O)OCNN. The zero-order valence-corrected chi connectivity index (χ0v) is 5.35. The molecule has 1 atom stereocenters. The van der Waals surface area contributed by atoms with Crippen molar-refractivity contribution in [1.29, 1.82) is 0 Å². The van der Waals surface area contributed by atoms with Gasteiger partial charge in [0.25, 0.3) is 0 Å². The fourth-order valence-corrected chi connectivity index (χ4v) is 0.428. The van der Waals surface area contributed by atoms with E-state index in [1.165, 1.54) is 7.11 Å². The first-order valence-corrected chi connectivity index (χ1v) is 2.98. The number of hydrogen-bond donors (Lipinski definition) is 2. The minimum atomic E-state index is -1.98. The molecule has 0 aromatic rings. The molecule has 0 amide bonds. The van der Waals surface area contributed by atoms with E-state index in [4.69, 9.17) is 5.84 Å². The number of rotatable bonds is 4. The zero-order valence-electron chi connectivity index (χ0n) is 4.46. The first-order valence-electron chi connectivity index (χ1n) is 1.89. The fourth-order valence-electron chi connectivity index (χ4n) is 0.143. The summed E-state index contributed by atoms with van der Waals surface area (Å²) in [5, 5.41) is 0. The zero-order chi connectivity index (χ0) is 6.41. The second-order valence-electron chi connectivity index (χ2n) is 0.884. The maximum absolute atomic E-state index is 10.2. The van der Waals surface area contributed by atoms with Crippen molar-refractivity contribution in [2.45, 2.75) is 0 Å². The van der Waals surface area contributed by atoms with Crippen LogP contribution in [0.1, 0.15) is 0 Å². The largest absolute Gasteiger partial charge is 0.698 e. The third-order valence-electron chi connectivity index (χ3n) is 0.402. The maximum Gasteiger partial charge on any atom is 0.698 e. The standard InChI is InChI=1S/C2H8N2O3P/c1-6-8(5)7-2-4-3/h4H,2-3H2,1H3/q+1. The van der Waals surface area contributed by atoms with E-state index in [1.54, 1.807) is 0 Å². The highest BCUT2D eigenvalue weighted by atomic mass is 31.1. The van der Waals surface area contributed by atoms with Crippen LogP contribution in [0.15, 0.2) is 0 Å². The van der Waals surface area contributed by atoms with Crippen LogP contribution in [-0.4, -0.2) is 13.8 Å². The molecule has 0 aliphatic rings. The lowest BCUT2D eigenvalue weighted by Gasteiger charge is -1.83. The van der Waals surface area contributed by atoms with Crippen LogP contribution in [0.25, 0.3) is 0 Å². The van der Waals surface area contributed by atoms with Crippen LogP contribution in [-0.2, 0) is 13.6 Å². The molecule has 8 heavy (non-hydrogen) atoms. The van der Waals surface area contributed by atoms with Crippen LogP contribution in [0.4, 0.5) is 0 Å². The molecule has 0 bridgehead atoms. The first-order chi connectivity index (χ1) is 3.81. The van der Waals surface area contributed by atoms with Crippen molar-refractivity contribution in [1.82, 2.24) is 5.43 Å². The number of nitrogens with two attached hydrogens (primary N) is 1. The minimum Gasteiger partial charge on any atom is -0.269 e. The Labute approximate surface area is 48.1 Å². The smallest absolute Gasteiger partial charge is 0.269 e. The molecule has 0 heterocycles. The van der Waals surface area contributed by atoms with Gasteiger partial charge in [0.05, 0.1) is 7.11 Å². The molecule has 0 saturated carbocycles. The predicted octanol–water partition coefficient (Wildman–Crippen LogP) is -0.272. The molecule has 3 N–H and O–H groups in total. The van der Waals surface area contributed by atoms with E-state index in [0.717, 1.165) is 0 Å². The molecule has 0 fully saturated rings. The van der Waals surface area contributed by atoms with E-state index in [-0.39, 0.29) is 6.73 Å². The third-order valence-corrected chi connectivity index (χ3v) is 1.04. The van der Waals surface area contributed by atoms with E-state index >= 15 is 0 Å². The summed E-state index contributed by atoms with van der Waals surface area (Å²) in [5.41, 5.74) is 2.15. The van der Waals surface area contributed by atoms with Crippen LogP contribution in [0.3, 0.4) is 0 Å². The molecule has 5 nitrogen and oxygen atoms in total. The van der Waals surface area contributed by atoms with Crippen LogP contribution in [0, 0.1) is 0 Å². The van der Waals surface area contributed by atoms with Gasteiger partial charge in [-0.05, 0) is 0 Å². The molecule has 0 saturated heterocycles. The van der Waals surface area contributed by atoms with Crippen LogP contribution >= 0.6 is 8.25 Å². The second-order valence-corrected chi connectivity index (χ2v) is 1.95. The van der Waals surface area contributed by atoms with Crippen molar-refractivity contribution >= 4 is 8.25 Å². The summed E-state index contributed by atoms with van der Waals surface area (Å²) >= 11 is 0. The number of hydrazine groups is 1. The van der Waals surface area contributed by atoms with E-state index in [9.17, 15) is 4.57 Å². The van der Waals surface area contributed by atoms with Crippen LogP contribution in [0.5, 0.6) is 0 Å². The lowest BCUT2D eigenvalue weighted by Crippen LogP contribution is -2.23. The Kier molecular flexibility index (Phi) is 5.05. The highest BCUT2D eigenvalue weighted by molar-refractivity contribution is 7.33. The predicted molar refractivity (Wildman–Crippen MR) is 27.9 cm³/mol. The molecule has 0 aliphatic heterocycles. The van der Waals surface area contributed by atoms with E-state index in [1.807, 2.05) is 0 Å². The molecule has 0 aromatic carbocycles. The van der Waals surface area contributed by atoms with Gasteiger partial charge in [-0.2, -0.15) is 0 Å². The van der Waals surface area contributed by atoms with Crippen molar-refractivity contribution in [3.63, 3.8) is 0 Å². The van der Waals surface area contributed by atoms with Gasteiger partial charge in [-0.15, -0.1) is 9.05 Å². The first kappa shape index (κ1) is 7.94. The van der Waals surface area contributed by atoms with Gasteiger partial charge < -0.3 is 0 Å². The van der Waals surface area contributed by atoms with Gasteiger partial charge in [0, 0.05) is 4.57 Å². The van der Waals surface area contributed by atoms with E-state index in [2.05, 4.69) is 14.5 Å². The van der Waals surface area contributed by atoms with Crippen molar-refractivity contribution in [3.05, 3.63) is 0 Å². The highest BCUT2D eigenvalue weighted by Gasteiger charge is 2.14. The van der Waals surface area contributed by atoms with Crippen molar-refractivity contribution < 1.29 is 13.6 Å². The summed E-state index contributed by atoms with van der Waals surface area (Å²) in [5.74, 6) is 4.77. The van der Waals surface area contributed by atoms with Gasteiger partial charge in [0.15, 0.2) is 6.73 Å². The molecule has 1 unspecified atom stereocenters. The average molecular weight is 139 g/mol. The van der Waals surface area contributed by atoms with E-state index in [0.29, 0.717) is 0 Å². The second kappa shape index (κ2) is 5.08. The van der Waals surface area contributed by atoms with Crippen LogP contribution in [0.2, 0.25) is 0 Å². The monoisotopic (exact) mass is 139 g/mol. The Morgan fingerprint density at radius 3 is 2.88 bits per heavy atom. The Balaban J connectivity index is 2.99. The molecule has 0 radical (unpaired) electrons. The molecule has 48 valence electrons. The topological polar surface area (TPSA) is 73.6 Å². The molecular formula is C2H8N2O3P+. The number of hydrogen-bond acceptors (Lipinski definition) is 5. The van der Waals surface area contributed by atoms with Gasteiger partial charge in [-0.3, -0.25) is 5.84 Å². The average Bonchev–Trinajstić information content (AvgIpc) is 1.83. The Morgan fingerprint density at radius 1 is 1.88 bits per heavy atom. The summed E-state index contributed by atoms with van der Waals surface area (Å²) in [6.07, 6.45) is 0. The minimum absolute atomic E-state index is 0.0308. The quantitative estimate of drug-likeness (QED) is 0.242. The van der Waals surface area contributed by atoms with Crippen molar-refractivity contribution in [3.8, 4) is 0 Å². The number of nitrogens with one attached hydrogen (secondary N) is 1. The van der Waals surface area contributed by atoms with E-state index < -0.39 is 8.25 Å².